The van der Waals surface area contributed by atoms with Crippen molar-refractivity contribution < 1.29 is 4.79 Å². The van der Waals surface area contributed by atoms with Gasteiger partial charge in [0.2, 0.25) is 11.7 Å². The first-order valence-electron chi connectivity index (χ1n) is 9.74. The van der Waals surface area contributed by atoms with E-state index >= 15 is 0 Å². The van der Waals surface area contributed by atoms with Gasteiger partial charge < -0.3 is 5.32 Å². The van der Waals surface area contributed by atoms with Gasteiger partial charge in [-0.15, -0.1) is 10.2 Å². The van der Waals surface area contributed by atoms with Crippen LogP contribution in [-0.2, 0) is 11.3 Å². The molecule has 1 heterocycles. The van der Waals surface area contributed by atoms with Crippen molar-refractivity contribution >= 4 is 11.6 Å². The van der Waals surface area contributed by atoms with E-state index in [1.807, 2.05) is 30.3 Å². The number of rotatable bonds is 7. The molecule has 1 amide bonds. The topological polar surface area (TPSA) is 72.7 Å². The number of para-hydroxylation sites is 1. The Hall–Kier alpha value is -3.02. The molecule has 3 rings (SSSR count). The van der Waals surface area contributed by atoms with E-state index in [9.17, 15) is 4.79 Å². The van der Waals surface area contributed by atoms with Crippen molar-refractivity contribution in [3.05, 3.63) is 59.7 Å². The smallest absolute Gasteiger partial charge is 0.248 e. The molecular formula is C22H27N5O. The fourth-order valence-corrected chi connectivity index (χ4v) is 3.02. The molecule has 6 nitrogen and oxygen atoms in total. The summed E-state index contributed by atoms with van der Waals surface area (Å²) in [5.41, 5.74) is 4.12. The van der Waals surface area contributed by atoms with Crippen LogP contribution in [0.25, 0.3) is 11.4 Å². The fraction of sp³-hybridized carbons (Fsp3) is 0.364. The first-order chi connectivity index (χ1) is 13.5. The Morgan fingerprint density at radius 3 is 2.46 bits per heavy atom. The number of carbonyl (C=O) groups excluding carboxylic acids is 1. The molecule has 0 saturated carbocycles. The van der Waals surface area contributed by atoms with Crippen molar-refractivity contribution in [3.63, 3.8) is 0 Å². The molecule has 0 bridgehead atoms. The quantitative estimate of drug-likeness (QED) is 0.652. The molecule has 28 heavy (non-hydrogen) atoms. The van der Waals surface area contributed by atoms with Crippen LogP contribution in [0.5, 0.6) is 0 Å². The predicted molar refractivity (Wildman–Crippen MR) is 111 cm³/mol. The van der Waals surface area contributed by atoms with Crippen LogP contribution < -0.4 is 5.32 Å². The summed E-state index contributed by atoms with van der Waals surface area (Å²) in [6.07, 6.45) is 1.01. The number of tetrazole rings is 1. The van der Waals surface area contributed by atoms with Gasteiger partial charge in [-0.3, -0.25) is 4.79 Å². The number of benzene rings is 2. The summed E-state index contributed by atoms with van der Waals surface area (Å²) < 4.78 is 0. The van der Waals surface area contributed by atoms with E-state index in [-0.39, 0.29) is 12.5 Å². The second-order valence-corrected chi connectivity index (χ2v) is 7.36. The average molecular weight is 377 g/mol. The molecule has 0 unspecified atom stereocenters. The first kappa shape index (κ1) is 19.7. The molecule has 0 fully saturated rings. The third-order valence-electron chi connectivity index (χ3n) is 4.95. The van der Waals surface area contributed by atoms with Crippen LogP contribution in [-0.4, -0.2) is 26.1 Å². The number of nitrogens with zero attached hydrogens (tertiary/aromatic N) is 4. The number of hydrogen-bond donors (Lipinski definition) is 1. The average Bonchev–Trinajstić information content (AvgIpc) is 3.16. The lowest BCUT2D eigenvalue weighted by Crippen LogP contribution is -2.21. The molecule has 0 saturated heterocycles. The Labute approximate surface area is 166 Å². The lowest BCUT2D eigenvalue weighted by atomic mass is 9.97. The van der Waals surface area contributed by atoms with Crippen molar-refractivity contribution in [3.8, 4) is 11.4 Å². The minimum atomic E-state index is -0.171. The van der Waals surface area contributed by atoms with E-state index in [0.717, 1.165) is 23.2 Å². The van der Waals surface area contributed by atoms with Crippen LogP contribution in [0.2, 0.25) is 0 Å². The minimum Gasteiger partial charge on any atom is -0.324 e. The van der Waals surface area contributed by atoms with Crippen LogP contribution in [0.4, 0.5) is 5.69 Å². The van der Waals surface area contributed by atoms with Crippen LogP contribution in [0.1, 0.15) is 57.1 Å². The van der Waals surface area contributed by atoms with Crippen LogP contribution >= 0.6 is 0 Å². The van der Waals surface area contributed by atoms with Crippen molar-refractivity contribution in [2.24, 2.45) is 0 Å². The van der Waals surface area contributed by atoms with Gasteiger partial charge in [-0.25, -0.2) is 0 Å². The molecule has 0 spiro atoms. The summed E-state index contributed by atoms with van der Waals surface area (Å²) in [6, 6.07) is 16.0. The molecule has 1 aromatic heterocycles. The number of aromatic nitrogens is 4. The SMILES string of the molecule is CC[C@@H](C)c1ccccc1NC(=O)Cn1nnc(-c2ccc(C(C)C)cc2)n1. The summed E-state index contributed by atoms with van der Waals surface area (Å²) in [4.78, 5) is 13.8. The Kier molecular flexibility index (Phi) is 6.19. The molecular weight excluding hydrogens is 350 g/mol. The Morgan fingerprint density at radius 2 is 1.79 bits per heavy atom. The highest BCUT2D eigenvalue weighted by molar-refractivity contribution is 5.91. The maximum atomic E-state index is 12.5. The van der Waals surface area contributed by atoms with E-state index in [4.69, 9.17) is 0 Å². The van der Waals surface area contributed by atoms with Gasteiger partial charge in [-0.05, 0) is 40.7 Å². The molecule has 2 aromatic carbocycles. The zero-order chi connectivity index (χ0) is 20.1. The molecule has 1 N–H and O–H groups in total. The van der Waals surface area contributed by atoms with Gasteiger partial charge in [0.15, 0.2) is 0 Å². The third kappa shape index (κ3) is 4.63. The van der Waals surface area contributed by atoms with Gasteiger partial charge in [0.05, 0.1) is 0 Å². The largest absolute Gasteiger partial charge is 0.324 e. The number of hydrogen-bond acceptors (Lipinski definition) is 4. The van der Waals surface area contributed by atoms with Crippen LogP contribution in [0, 0.1) is 0 Å². The van der Waals surface area contributed by atoms with Gasteiger partial charge >= 0.3 is 0 Å². The van der Waals surface area contributed by atoms with Crippen molar-refractivity contribution in [2.75, 3.05) is 5.32 Å². The van der Waals surface area contributed by atoms with E-state index in [0.29, 0.717) is 17.7 Å². The maximum Gasteiger partial charge on any atom is 0.248 e. The monoisotopic (exact) mass is 377 g/mol. The Morgan fingerprint density at radius 1 is 1.07 bits per heavy atom. The van der Waals surface area contributed by atoms with Crippen molar-refractivity contribution in [1.29, 1.82) is 0 Å². The van der Waals surface area contributed by atoms with Crippen molar-refractivity contribution in [1.82, 2.24) is 20.2 Å². The van der Waals surface area contributed by atoms with Gasteiger partial charge in [0.25, 0.3) is 0 Å². The molecule has 0 radical (unpaired) electrons. The molecule has 0 aliphatic carbocycles. The zero-order valence-corrected chi connectivity index (χ0v) is 16.9. The highest BCUT2D eigenvalue weighted by Crippen LogP contribution is 2.26. The van der Waals surface area contributed by atoms with E-state index in [1.165, 1.54) is 10.4 Å². The van der Waals surface area contributed by atoms with Gasteiger partial charge in [0.1, 0.15) is 6.54 Å². The number of anilines is 1. The summed E-state index contributed by atoms with van der Waals surface area (Å²) in [6.45, 7) is 8.62. The molecule has 3 aromatic rings. The lowest BCUT2D eigenvalue weighted by Gasteiger charge is -2.15. The molecule has 1 atom stereocenters. The van der Waals surface area contributed by atoms with Gasteiger partial charge in [-0.1, -0.05) is 70.2 Å². The van der Waals surface area contributed by atoms with Gasteiger partial charge in [0, 0.05) is 11.3 Å². The van der Waals surface area contributed by atoms with Crippen molar-refractivity contribution in [2.45, 2.75) is 52.5 Å². The Balaban J connectivity index is 1.68. The first-order valence-corrected chi connectivity index (χ1v) is 9.74. The van der Waals surface area contributed by atoms with E-state index < -0.39 is 0 Å². The summed E-state index contributed by atoms with van der Waals surface area (Å²) in [7, 11) is 0. The third-order valence-corrected chi connectivity index (χ3v) is 4.95. The summed E-state index contributed by atoms with van der Waals surface area (Å²) >= 11 is 0. The van der Waals surface area contributed by atoms with Crippen LogP contribution in [0.3, 0.4) is 0 Å². The minimum absolute atomic E-state index is 0.0198. The number of amides is 1. The molecule has 0 aliphatic heterocycles. The molecule has 0 aliphatic rings. The van der Waals surface area contributed by atoms with Crippen LogP contribution in [0.15, 0.2) is 48.5 Å². The fourth-order valence-electron chi connectivity index (χ4n) is 3.02. The predicted octanol–water partition coefficient (Wildman–Crippen LogP) is 4.62. The zero-order valence-electron chi connectivity index (χ0n) is 16.9. The number of carbonyl (C=O) groups is 1. The Bertz CT molecular complexity index is 930. The maximum absolute atomic E-state index is 12.5. The number of nitrogens with one attached hydrogen (secondary N) is 1. The standard InChI is InChI=1S/C22H27N5O/c1-5-16(4)19-8-6-7-9-20(19)23-21(28)14-27-25-22(24-26-27)18-12-10-17(11-13-18)15(2)3/h6-13,15-16H,5,14H2,1-4H3,(H,23,28)/t16-/m1/s1. The highest BCUT2D eigenvalue weighted by atomic mass is 16.2. The second-order valence-electron chi connectivity index (χ2n) is 7.36. The van der Waals surface area contributed by atoms with E-state index in [1.54, 1.807) is 0 Å². The normalized spacial score (nSPS) is 12.2. The molecule has 6 heteroatoms. The molecule has 146 valence electrons. The summed E-state index contributed by atoms with van der Waals surface area (Å²) in [5, 5.41) is 15.4. The summed E-state index contributed by atoms with van der Waals surface area (Å²) in [5.74, 6) is 1.19. The highest BCUT2D eigenvalue weighted by Gasteiger charge is 2.13. The van der Waals surface area contributed by atoms with E-state index in [2.05, 4.69) is 66.6 Å². The second kappa shape index (κ2) is 8.78. The van der Waals surface area contributed by atoms with Gasteiger partial charge in [-0.2, -0.15) is 4.80 Å². The lowest BCUT2D eigenvalue weighted by molar-refractivity contribution is -0.117.